The van der Waals surface area contributed by atoms with Gasteiger partial charge in [0.05, 0.1) is 26.2 Å². The summed E-state index contributed by atoms with van der Waals surface area (Å²) in [5.74, 6) is 0.294. The zero-order chi connectivity index (χ0) is 14.8. The molecule has 2 unspecified atom stereocenters. The molecule has 0 aromatic heterocycles. The summed E-state index contributed by atoms with van der Waals surface area (Å²) in [4.78, 5) is 13.8. The van der Waals surface area contributed by atoms with Gasteiger partial charge in [-0.15, -0.1) is 0 Å². The summed E-state index contributed by atoms with van der Waals surface area (Å²) in [6, 6.07) is 7.28. The van der Waals surface area contributed by atoms with Gasteiger partial charge in [0.15, 0.2) is 5.67 Å². The van der Waals surface area contributed by atoms with Crippen LogP contribution < -0.4 is 4.74 Å². The third-order valence-corrected chi connectivity index (χ3v) is 3.89. The number of carbonyl (C=O) groups excluding carboxylic acids is 1. The quantitative estimate of drug-likeness (QED) is 0.914. The predicted molar refractivity (Wildman–Crippen MR) is 73.5 cm³/mol. The second-order valence-corrected chi connectivity index (χ2v) is 5.31. The van der Waals surface area contributed by atoms with E-state index >= 15 is 0 Å². The van der Waals surface area contributed by atoms with Crippen LogP contribution in [-0.4, -0.2) is 48.4 Å². The molecule has 110 valence electrons. The van der Waals surface area contributed by atoms with Crippen molar-refractivity contribution in [2.75, 3.05) is 26.8 Å². The Morgan fingerprint density at radius 3 is 2.65 bits per heavy atom. The van der Waals surface area contributed by atoms with E-state index in [1.54, 1.807) is 26.2 Å². The SMILES string of the molecule is COc1ccc(C(C)C(=O)N2CCC(F)(CO)C2)cc1. The zero-order valence-corrected chi connectivity index (χ0v) is 11.8. The fraction of sp³-hybridized carbons (Fsp3) is 0.533. The van der Waals surface area contributed by atoms with Crippen molar-refractivity contribution >= 4 is 5.91 Å². The van der Waals surface area contributed by atoms with Crippen molar-refractivity contribution in [1.82, 2.24) is 4.90 Å². The van der Waals surface area contributed by atoms with Gasteiger partial charge < -0.3 is 14.7 Å². The molecule has 2 rings (SSSR count). The van der Waals surface area contributed by atoms with Crippen molar-refractivity contribution in [2.45, 2.75) is 24.9 Å². The van der Waals surface area contributed by atoms with E-state index in [-0.39, 0.29) is 24.8 Å². The van der Waals surface area contributed by atoms with Crippen LogP contribution in [0.3, 0.4) is 0 Å². The molecular formula is C15H20FNO3. The highest BCUT2D eigenvalue weighted by Gasteiger charge is 2.40. The first-order valence-electron chi connectivity index (χ1n) is 6.71. The average molecular weight is 281 g/mol. The summed E-state index contributed by atoms with van der Waals surface area (Å²) < 4.78 is 19.0. The van der Waals surface area contributed by atoms with Crippen LogP contribution in [0.4, 0.5) is 4.39 Å². The van der Waals surface area contributed by atoms with Gasteiger partial charge in [-0.05, 0) is 24.6 Å². The third-order valence-electron chi connectivity index (χ3n) is 3.89. The number of aliphatic hydroxyl groups excluding tert-OH is 1. The molecular weight excluding hydrogens is 261 g/mol. The molecule has 1 fully saturated rings. The van der Waals surface area contributed by atoms with Crippen molar-refractivity contribution in [3.05, 3.63) is 29.8 Å². The Bertz CT molecular complexity index is 477. The number of hydrogen-bond donors (Lipinski definition) is 1. The summed E-state index contributed by atoms with van der Waals surface area (Å²) in [6.07, 6.45) is 0.199. The van der Waals surface area contributed by atoms with E-state index in [2.05, 4.69) is 0 Å². The molecule has 0 aliphatic carbocycles. The maximum Gasteiger partial charge on any atom is 0.229 e. The molecule has 1 saturated heterocycles. The number of rotatable bonds is 4. The lowest BCUT2D eigenvalue weighted by atomic mass is 9.99. The fourth-order valence-corrected chi connectivity index (χ4v) is 2.46. The van der Waals surface area contributed by atoms with Crippen LogP contribution >= 0.6 is 0 Å². The molecule has 5 heteroatoms. The number of ether oxygens (including phenoxy) is 1. The summed E-state index contributed by atoms with van der Waals surface area (Å²) >= 11 is 0. The van der Waals surface area contributed by atoms with E-state index in [0.717, 1.165) is 11.3 Å². The summed E-state index contributed by atoms with van der Waals surface area (Å²) in [7, 11) is 1.59. The van der Waals surface area contributed by atoms with Gasteiger partial charge in [-0.1, -0.05) is 12.1 Å². The molecule has 0 bridgehead atoms. The lowest BCUT2D eigenvalue weighted by Gasteiger charge is -2.22. The van der Waals surface area contributed by atoms with Gasteiger partial charge in [0.1, 0.15) is 5.75 Å². The van der Waals surface area contributed by atoms with E-state index in [1.807, 2.05) is 12.1 Å². The number of hydrogen-bond acceptors (Lipinski definition) is 3. The second kappa shape index (κ2) is 5.79. The molecule has 0 saturated carbocycles. The van der Waals surface area contributed by atoms with E-state index < -0.39 is 12.3 Å². The van der Waals surface area contributed by atoms with Crippen molar-refractivity contribution in [2.24, 2.45) is 0 Å². The zero-order valence-electron chi connectivity index (χ0n) is 11.8. The van der Waals surface area contributed by atoms with Crippen LogP contribution in [-0.2, 0) is 4.79 Å². The number of halogens is 1. The van der Waals surface area contributed by atoms with Crippen LogP contribution in [0.2, 0.25) is 0 Å². The number of methoxy groups -OCH3 is 1. The van der Waals surface area contributed by atoms with Crippen LogP contribution in [0.1, 0.15) is 24.8 Å². The first-order valence-corrected chi connectivity index (χ1v) is 6.71. The molecule has 1 amide bonds. The first-order chi connectivity index (χ1) is 9.49. The van der Waals surface area contributed by atoms with Gasteiger partial charge in [0.25, 0.3) is 0 Å². The standard InChI is InChI=1S/C15H20FNO3/c1-11(12-3-5-13(20-2)6-4-12)14(19)17-8-7-15(16,9-17)10-18/h3-6,11,18H,7-10H2,1-2H3. The van der Waals surface area contributed by atoms with E-state index in [9.17, 15) is 9.18 Å². The number of amides is 1. The molecule has 0 radical (unpaired) electrons. The predicted octanol–water partition coefficient (Wildman–Crippen LogP) is 1.73. The summed E-state index contributed by atoms with van der Waals surface area (Å²) in [5, 5.41) is 9.01. The molecule has 1 aliphatic heterocycles. The molecule has 4 nitrogen and oxygen atoms in total. The van der Waals surface area contributed by atoms with Gasteiger partial charge in [-0.2, -0.15) is 0 Å². The number of nitrogens with zero attached hydrogens (tertiary/aromatic N) is 1. The Kier molecular flexibility index (Phi) is 4.28. The lowest BCUT2D eigenvalue weighted by molar-refractivity contribution is -0.132. The fourth-order valence-electron chi connectivity index (χ4n) is 2.46. The molecule has 2 atom stereocenters. The van der Waals surface area contributed by atoms with E-state index in [1.165, 1.54) is 4.90 Å². The normalized spacial score (nSPS) is 23.7. The number of alkyl halides is 1. The largest absolute Gasteiger partial charge is 0.497 e. The second-order valence-electron chi connectivity index (χ2n) is 5.31. The number of likely N-dealkylation sites (tertiary alicyclic amines) is 1. The lowest BCUT2D eigenvalue weighted by Crippen LogP contribution is -2.37. The van der Waals surface area contributed by atoms with Gasteiger partial charge in [0, 0.05) is 13.0 Å². The highest BCUT2D eigenvalue weighted by atomic mass is 19.1. The number of carbonyl (C=O) groups is 1. The molecule has 0 spiro atoms. The first kappa shape index (κ1) is 14.8. The van der Waals surface area contributed by atoms with Crippen molar-refractivity contribution in [3.63, 3.8) is 0 Å². The topological polar surface area (TPSA) is 49.8 Å². The summed E-state index contributed by atoms with van der Waals surface area (Å²) in [6.45, 7) is 1.61. The third kappa shape index (κ3) is 2.93. The van der Waals surface area contributed by atoms with Gasteiger partial charge in [0.2, 0.25) is 5.91 Å². The van der Waals surface area contributed by atoms with Gasteiger partial charge in [-0.3, -0.25) is 4.79 Å². The molecule has 1 aromatic rings. The number of aliphatic hydroxyl groups is 1. The van der Waals surface area contributed by atoms with Crippen molar-refractivity contribution in [1.29, 1.82) is 0 Å². The summed E-state index contributed by atoms with van der Waals surface area (Å²) in [5.41, 5.74) is -0.772. The molecule has 1 N–H and O–H groups in total. The monoisotopic (exact) mass is 281 g/mol. The Hall–Kier alpha value is -1.62. The Morgan fingerprint density at radius 1 is 1.50 bits per heavy atom. The molecule has 1 aromatic carbocycles. The van der Waals surface area contributed by atoms with Crippen molar-refractivity contribution in [3.8, 4) is 5.75 Å². The van der Waals surface area contributed by atoms with E-state index in [4.69, 9.17) is 9.84 Å². The van der Waals surface area contributed by atoms with Crippen LogP contribution in [0.15, 0.2) is 24.3 Å². The minimum atomic E-state index is -1.64. The smallest absolute Gasteiger partial charge is 0.229 e. The average Bonchev–Trinajstić information content (AvgIpc) is 2.89. The van der Waals surface area contributed by atoms with Crippen molar-refractivity contribution < 1.29 is 19.0 Å². The minimum Gasteiger partial charge on any atom is -0.497 e. The van der Waals surface area contributed by atoms with Crippen LogP contribution in [0.5, 0.6) is 5.75 Å². The highest BCUT2D eigenvalue weighted by molar-refractivity contribution is 5.83. The van der Waals surface area contributed by atoms with Gasteiger partial charge >= 0.3 is 0 Å². The van der Waals surface area contributed by atoms with Crippen LogP contribution in [0, 0.1) is 0 Å². The molecule has 1 heterocycles. The molecule has 1 aliphatic rings. The maximum absolute atomic E-state index is 14.0. The molecule has 20 heavy (non-hydrogen) atoms. The Balaban J connectivity index is 2.05. The number of benzene rings is 1. The minimum absolute atomic E-state index is 0.0250. The van der Waals surface area contributed by atoms with Crippen LogP contribution in [0.25, 0.3) is 0 Å². The Morgan fingerprint density at radius 2 is 2.15 bits per heavy atom. The highest BCUT2D eigenvalue weighted by Crippen LogP contribution is 2.28. The Labute approximate surface area is 118 Å². The van der Waals surface area contributed by atoms with Gasteiger partial charge in [-0.25, -0.2) is 4.39 Å². The van der Waals surface area contributed by atoms with E-state index in [0.29, 0.717) is 6.54 Å². The maximum atomic E-state index is 14.0.